The molecule has 1 atom stereocenters. The highest BCUT2D eigenvalue weighted by Crippen LogP contribution is 1.90. The number of carbonyl (C=O) groups excluding carboxylic acids is 1. The van der Waals surface area contributed by atoms with Crippen molar-refractivity contribution in [1.82, 2.24) is 15.5 Å². The summed E-state index contributed by atoms with van der Waals surface area (Å²) in [4.78, 5) is 13.2. The third kappa shape index (κ3) is 6.86. The van der Waals surface area contributed by atoms with E-state index < -0.39 is 0 Å². The van der Waals surface area contributed by atoms with E-state index in [9.17, 15) is 4.79 Å². The van der Waals surface area contributed by atoms with Crippen LogP contribution in [0.4, 0.5) is 0 Å². The van der Waals surface area contributed by atoms with E-state index in [1.165, 1.54) is 0 Å². The predicted octanol–water partition coefficient (Wildman–Crippen LogP) is 0.400. The van der Waals surface area contributed by atoms with Gasteiger partial charge in [0.1, 0.15) is 0 Å². The summed E-state index contributed by atoms with van der Waals surface area (Å²) in [5, 5.41) is 6.25. The average Bonchev–Trinajstić information content (AvgIpc) is 2.15. The van der Waals surface area contributed by atoms with Crippen LogP contribution in [0.2, 0.25) is 0 Å². The molecule has 0 aliphatic carbocycles. The Labute approximate surface area is 87.0 Å². The molecule has 0 rings (SSSR count). The lowest BCUT2D eigenvalue weighted by Crippen LogP contribution is -2.43. The Morgan fingerprint density at radius 1 is 1.36 bits per heavy atom. The lowest BCUT2D eigenvalue weighted by molar-refractivity contribution is -0.121. The van der Waals surface area contributed by atoms with Gasteiger partial charge in [0.15, 0.2) is 0 Å². The minimum absolute atomic E-state index is 0.128. The fourth-order valence-electron chi connectivity index (χ4n) is 1.09. The number of nitrogens with one attached hydrogen (secondary N) is 2. The molecule has 0 aliphatic heterocycles. The van der Waals surface area contributed by atoms with E-state index in [1.54, 1.807) is 0 Å². The van der Waals surface area contributed by atoms with Crippen LogP contribution in [0, 0.1) is 0 Å². The van der Waals surface area contributed by atoms with Gasteiger partial charge in [-0.05, 0) is 20.5 Å². The number of rotatable bonds is 7. The largest absolute Gasteiger partial charge is 0.352 e. The normalized spacial score (nSPS) is 12.9. The molecular formula is C10H23N3O. The monoisotopic (exact) mass is 201 g/mol. The highest BCUT2D eigenvalue weighted by Gasteiger charge is 2.07. The average molecular weight is 201 g/mol. The Kier molecular flexibility index (Phi) is 7.42. The zero-order valence-electron chi connectivity index (χ0n) is 9.76. The van der Waals surface area contributed by atoms with Crippen LogP contribution in [0.25, 0.3) is 0 Å². The Morgan fingerprint density at radius 2 is 2.00 bits per heavy atom. The van der Waals surface area contributed by atoms with Crippen molar-refractivity contribution >= 4 is 5.91 Å². The molecule has 0 aromatic rings. The number of nitrogens with zero attached hydrogens (tertiary/aromatic N) is 1. The summed E-state index contributed by atoms with van der Waals surface area (Å²) < 4.78 is 0. The number of carbonyl (C=O) groups is 1. The highest BCUT2D eigenvalue weighted by molar-refractivity contribution is 5.75. The standard InChI is InChI=1S/C10H23N3O/c1-5-9(12-10(14)6-2)7-11-8-13(3)4/h9,11H,5-8H2,1-4H3,(H,12,14). The summed E-state index contributed by atoms with van der Waals surface area (Å²) in [6.45, 7) is 5.63. The summed E-state index contributed by atoms with van der Waals surface area (Å²) in [5.41, 5.74) is 0. The van der Waals surface area contributed by atoms with E-state index in [2.05, 4.69) is 22.5 Å². The number of amides is 1. The molecule has 14 heavy (non-hydrogen) atoms. The second-order valence-corrected chi connectivity index (χ2v) is 3.72. The lowest BCUT2D eigenvalue weighted by atomic mass is 10.2. The molecule has 4 heteroatoms. The zero-order chi connectivity index (χ0) is 11.0. The van der Waals surface area contributed by atoms with Crippen LogP contribution in [0.1, 0.15) is 26.7 Å². The predicted molar refractivity (Wildman–Crippen MR) is 59.1 cm³/mol. The molecule has 0 spiro atoms. The van der Waals surface area contributed by atoms with Crippen molar-refractivity contribution in [3.8, 4) is 0 Å². The Balaban J connectivity index is 3.63. The first-order chi connectivity index (χ1) is 6.60. The molecule has 0 bridgehead atoms. The SMILES string of the molecule is CCC(=O)NC(CC)CNCN(C)C. The molecular weight excluding hydrogens is 178 g/mol. The second kappa shape index (κ2) is 7.76. The first-order valence-electron chi connectivity index (χ1n) is 5.24. The maximum atomic E-state index is 11.1. The van der Waals surface area contributed by atoms with Crippen molar-refractivity contribution in [3.05, 3.63) is 0 Å². The second-order valence-electron chi connectivity index (χ2n) is 3.72. The molecule has 0 heterocycles. The van der Waals surface area contributed by atoms with E-state index in [1.807, 2.05) is 21.0 Å². The molecule has 4 nitrogen and oxygen atoms in total. The third-order valence-corrected chi connectivity index (χ3v) is 2.00. The Hall–Kier alpha value is -0.610. The van der Waals surface area contributed by atoms with Gasteiger partial charge in [-0.15, -0.1) is 0 Å². The maximum Gasteiger partial charge on any atom is 0.219 e. The molecule has 84 valence electrons. The molecule has 0 aromatic heterocycles. The first-order valence-corrected chi connectivity index (χ1v) is 5.24. The topological polar surface area (TPSA) is 44.4 Å². The van der Waals surface area contributed by atoms with Crippen LogP contribution in [-0.2, 0) is 4.79 Å². The van der Waals surface area contributed by atoms with Crippen molar-refractivity contribution in [3.63, 3.8) is 0 Å². The maximum absolute atomic E-state index is 11.1. The van der Waals surface area contributed by atoms with Crippen LogP contribution in [0.5, 0.6) is 0 Å². The van der Waals surface area contributed by atoms with Gasteiger partial charge in [-0.1, -0.05) is 13.8 Å². The minimum Gasteiger partial charge on any atom is -0.352 e. The quantitative estimate of drug-likeness (QED) is 0.586. The van der Waals surface area contributed by atoms with Crippen molar-refractivity contribution in [2.75, 3.05) is 27.3 Å². The third-order valence-electron chi connectivity index (χ3n) is 2.00. The van der Waals surface area contributed by atoms with Crippen LogP contribution in [0.3, 0.4) is 0 Å². The molecule has 0 aliphatic rings. The van der Waals surface area contributed by atoms with Gasteiger partial charge in [0.05, 0.1) is 0 Å². The molecule has 1 amide bonds. The van der Waals surface area contributed by atoms with Gasteiger partial charge in [-0.2, -0.15) is 0 Å². The molecule has 0 saturated carbocycles. The van der Waals surface area contributed by atoms with Crippen LogP contribution < -0.4 is 10.6 Å². The zero-order valence-corrected chi connectivity index (χ0v) is 9.76. The molecule has 0 saturated heterocycles. The van der Waals surface area contributed by atoms with Crippen molar-refractivity contribution < 1.29 is 4.79 Å². The summed E-state index contributed by atoms with van der Waals surface area (Å²) in [6, 6.07) is 0.252. The van der Waals surface area contributed by atoms with Gasteiger partial charge < -0.3 is 10.6 Å². The van der Waals surface area contributed by atoms with Gasteiger partial charge in [0.25, 0.3) is 0 Å². The van der Waals surface area contributed by atoms with E-state index in [0.29, 0.717) is 6.42 Å². The summed E-state index contributed by atoms with van der Waals surface area (Å²) >= 11 is 0. The van der Waals surface area contributed by atoms with Gasteiger partial charge in [0, 0.05) is 25.7 Å². The van der Waals surface area contributed by atoms with Crippen LogP contribution >= 0.6 is 0 Å². The minimum atomic E-state index is 0.128. The van der Waals surface area contributed by atoms with E-state index >= 15 is 0 Å². The molecule has 0 fully saturated rings. The van der Waals surface area contributed by atoms with Crippen molar-refractivity contribution in [2.24, 2.45) is 0 Å². The number of hydrogen-bond donors (Lipinski definition) is 2. The number of hydrogen-bond acceptors (Lipinski definition) is 3. The van der Waals surface area contributed by atoms with E-state index in [4.69, 9.17) is 0 Å². The molecule has 0 aromatic carbocycles. The lowest BCUT2D eigenvalue weighted by Gasteiger charge is -2.19. The van der Waals surface area contributed by atoms with Crippen molar-refractivity contribution in [1.29, 1.82) is 0 Å². The Bertz CT molecular complexity index is 159. The molecule has 0 radical (unpaired) electrons. The van der Waals surface area contributed by atoms with Crippen LogP contribution in [-0.4, -0.2) is 44.2 Å². The smallest absolute Gasteiger partial charge is 0.219 e. The summed E-state index contributed by atoms with van der Waals surface area (Å²) in [7, 11) is 4.02. The van der Waals surface area contributed by atoms with Crippen LogP contribution in [0.15, 0.2) is 0 Å². The molecule has 2 N–H and O–H groups in total. The fourth-order valence-corrected chi connectivity index (χ4v) is 1.09. The van der Waals surface area contributed by atoms with Gasteiger partial charge >= 0.3 is 0 Å². The molecule has 1 unspecified atom stereocenters. The van der Waals surface area contributed by atoms with Crippen molar-refractivity contribution in [2.45, 2.75) is 32.7 Å². The van der Waals surface area contributed by atoms with E-state index in [-0.39, 0.29) is 11.9 Å². The summed E-state index contributed by atoms with van der Waals surface area (Å²) in [6.07, 6.45) is 1.52. The Morgan fingerprint density at radius 3 is 2.43 bits per heavy atom. The summed E-state index contributed by atoms with van der Waals surface area (Å²) in [5.74, 6) is 0.128. The first kappa shape index (κ1) is 13.4. The fraction of sp³-hybridized carbons (Fsp3) is 0.900. The van der Waals surface area contributed by atoms with Gasteiger partial charge in [-0.3, -0.25) is 9.69 Å². The van der Waals surface area contributed by atoms with Gasteiger partial charge in [-0.25, -0.2) is 0 Å². The highest BCUT2D eigenvalue weighted by atomic mass is 16.1. The van der Waals surface area contributed by atoms with E-state index in [0.717, 1.165) is 19.6 Å². The van der Waals surface area contributed by atoms with Gasteiger partial charge in [0.2, 0.25) is 5.91 Å².